The smallest absolute Gasteiger partial charge is 0.274 e. The van der Waals surface area contributed by atoms with Crippen LogP contribution in [0.5, 0.6) is 0 Å². The van der Waals surface area contributed by atoms with Gasteiger partial charge in [0.1, 0.15) is 5.69 Å². The lowest BCUT2D eigenvalue weighted by Gasteiger charge is -2.18. The molecule has 0 radical (unpaired) electrons. The monoisotopic (exact) mass is 400 g/mol. The van der Waals surface area contributed by atoms with Gasteiger partial charge in [0.2, 0.25) is 5.91 Å². The van der Waals surface area contributed by atoms with Gasteiger partial charge in [-0.05, 0) is 50.2 Å². The lowest BCUT2D eigenvalue weighted by Crippen LogP contribution is -2.40. The molecule has 2 amide bonds. The number of nitrogens with zero attached hydrogens (tertiary/aromatic N) is 3. The molecule has 3 rings (SSSR count). The highest BCUT2D eigenvalue weighted by Crippen LogP contribution is 2.25. The highest BCUT2D eigenvalue weighted by Gasteiger charge is 2.23. The molecule has 8 heteroatoms. The minimum atomic E-state index is -0.325. The first-order valence-electron chi connectivity index (χ1n) is 8.99. The van der Waals surface area contributed by atoms with Crippen LogP contribution in [0.15, 0.2) is 53.1 Å². The molecule has 2 aromatic heterocycles. The van der Waals surface area contributed by atoms with Crippen molar-refractivity contribution >= 4 is 23.4 Å². The van der Waals surface area contributed by atoms with Gasteiger partial charge in [-0.2, -0.15) is 5.10 Å². The predicted molar refractivity (Wildman–Crippen MR) is 107 cm³/mol. The topological polar surface area (TPSA) is 80.4 Å². The number of carbonyl (C=O) groups is 2. The number of likely N-dealkylation sites (N-methyl/N-ethyl adjacent to an activating group) is 2. The molecule has 0 aliphatic rings. The fourth-order valence-corrected chi connectivity index (χ4v) is 2.91. The third-order valence-corrected chi connectivity index (χ3v) is 4.40. The molecule has 1 aromatic carbocycles. The Morgan fingerprint density at radius 2 is 1.96 bits per heavy atom. The molecule has 7 nitrogen and oxygen atoms in total. The molecular weight excluding hydrogens is 380 g/mol. The van der Waals surface area contributed by atoms with E-state index in [0.29, 0.717) is 29.6 Å². The average Bonchev–Trinajstić information content (AvgIpc) is 3.36. The normalized spacial score (nSPS) is 10.7. The summed E-state index contributed by atoms with van der Waals surface area (Å²) in [5, 5.41) is 7.78. The quantitative estimate of drug-likeness (QED) is 0.659. The average molecular weight is 401 g/mol. The zero-order chi connectivity index (χ0) is 20.1. The van der Waals surface area contributed by atoms with Crippen molar-refractivity contribution in [2.45, 2.75) is 13.8 Å². The van der Waals surface area contributed by atoms with E-state index in [2.05, 4.69) is 10.4 Å². The van der Waals surface area contributed by atoms with Gasteiger partial charge < -0.3 is 14.6 Å². The highest BCUT2D eigenvalue weighted by molar-refractivity contribution is 6.30. The molecule has 0 aliphatic carbocycles. The van der Waals surface area contributed by atoms with E-state index in [-0.39, 0.29) is 24.1 Å². The van der Waals surface area contributed by atoms with E-state index in [4.69, 9.17) is 16.0 Å². The summed E-state index contributed by atoms with van der Waals surface area (Å²) in [6.07, 6.45) is 1.56. The van der Waals surface area contributed by atoms with Crippen molar-refractivity contribution in [3.05, 3.63) is 59.4 Å². The molecule has 0 saturated heterocycles. The number of carbonyl (C=O) groups excluding carboxylic acids is 2. The van der Waals surface area contributed by atoms with Crippen LogP contribution in [0, 0.1) is 0 Å². The fourth-order valence-electron chi connectivity index (χ4n) is 2.78. The Morgan fingerprint density at radius 1 is 1.21 bits per heavy atom. The Bertz CT molecular complexity index is 949. The maximum atomic E-state index is 13.0. The van der Waals surface area contributed by atoms with E-state index in [0.717, 1.165) is 5.69 Å². The summed E-state index contributed by atoms with van der Waals surface area (Å²) in [7, 11) is 0. The van der Waals surface area contributed by atoms with Crippen LogP contribution in [0.1, 0.15) is 24.3 Å². The summed E-state index contributed by atoms with van der Waals surface area (Å²) >= 11 is 5.98. The van der Waals surface area contributed by atoms with Crippen molar-refractivity contribution in [1.29, 1.82) is 0 Å². The Labute approximate surface area is 167 Å². The summed E-state index contributed by atoms with van der Waals surface area (Å²) in [6, 6.07) is 12.3. The molecule has 146 valence electrons. The van der Waals surface area contributed by atoms with Gasteiger partial charge in [0.05, 0.1) is 18.5 Å². The SMILES string of the molecule is CCNC(=O)CN(CC)C(=O)c1cc(-c2ccco2)n(-c2ccc(Cl)cc2)n1. The molecule has 2 heterocycles. The lowest BCUT2D eigenvalue weighted by molar-refractivity contribution is -0.121. The summed E-state index contributed by atoms with van der Waals surface area (Å²) in [5.41, 5.74) is 1.60. The largest absolute Gasteiger partial charge is 0.463 e. The van der Waals surface area contributed by atoms with E-state index < -0.39 is 0 Å². The molecule has 28 heavy (non-hydrogen) atoms. The zero-order valence-corrected chi connectivity index (χ0v) is 16.4. The van der Waals surface area contributed by atoms with Crippen LogP contribution in [0.4, 0.5) is 0 Å². The Balaban J connectivity index is 1.97. The third kappa shape index (κ3) is 4.26. The summed E-state index contributed by atoms with van der Waals surface area (Å²) < 4.78 is 7.13. The van der Waals surface area contributed by atoms with Gasteiger partial charge in [-0.15, -0.1) is 0 Å². The number of halogens is 1. The summed E-state index contributed by atoms with van der Waals surface area (Å²) in [5.74, 6) is 0.0450. The van der Waals surface area contributed by atoms with E-state index in [1.54, 1.807) is 41.3 Å². The van der Waals surface area contributed by atoms with Crippen LogP contribution in [-0.4, -0.2) is 46.1 Å². The molecule has 3 aromatic rings. The minimum absolute atomic E-state index is 0.0208. The van der Waals surface area contributed by atoms with Crippen molar-refractivity contribution < 1.29 is 14.0 Å². The zero-order valence-electron chi connectivity index (χ0n) is 15.7. The molecule has 0 atom stereocenters. The molecule has 0 aliphatic heterocycles. The number of nitrogens with one attached hydrogen (secondary N) is 1. The second-order valence-electron chi connectivity index (χ2n) is 6.05. The van der Waals surface area contributed by atoms with Crippen LogP contribution in [-0.2, 0) is 4.79 Å². The van der Waals surface area contributed by atoms with E-state index in [1.165, 1.54) is 4.90 Å². The fraction of sp³-hybridized carbons (Fsp3) is 0.250. The standard InChI is InChI=1S/C20H21ClN4O3/c1-3-22-19(26)13-24(4-2)20(27)16-12-17(18-6-5-11-28-18)25(23-16)15-9-7-14(21)8-10-15/h5-12H,3-4,13H2,1-2H3,(H,22,26). The van der Waals surface area contributed by atoms with Crippen LogP contribution in [0.2, 0.25) is 5.02 Å². The minimum Gasteiger partial charge on any atom is -0.463 e. The van der Waals surface area contributed by atoms with Gasteiger partial charge in [-0.3, -0.25) is 9.59 Å². The van der Waals surface area contributed by atoms with Crippen molar-refractivity contribution in [3.63, 3.8) is 0 Å². The Kier molecular flexibility index (Phi) is 6.16. The number of aromatic nitrogens is 2. The van der Waals surface area contributed by atoms with Crippen molar-refractivity contribution in [2.75, 3.05) is 19.6 Å². The van der Waals surface area contributed by atoms with Crippen LogP contribution >= 0.6 is 11.6 Å². The summed E-state index contributed by atoms with van der Waals surface area (Å²) in [4.78, 5) is 26.3. The molecule has 0 fully saturated rings. The number of hydrogen-bond donors (Lipinski definition) is 1. The number of rotatable bonds is 7. The van der Waals surface area contributed by atoms with E-state index in [9.17, 15) is 9.59 Å². The van der Waals surface area contributed by atoms with Crippen LogP contribution in [0.25, 0.3) is 17.1 Å². The number of benzene rings is 1. The van der Waals surface area contributed by atoms with Gasteiger partial charge >= 0.3 is 0 Å². The third-order valence-electron chi connectivity index (χ3n) is 4.15. The Hall–Kier alpha value is -3.06. The van der Waals surface area contributed by atoms with E-state index >= 15 is 0 Å². The molecule has 0 spiro atoms. The maximum absolute atomic E-state index is 13.0. The van der Waals surface area contributed by atoms with E-state index in [1.807, 2.05) is 26.0 Å². The highest BCUT2D eigenvalue weighted by atomic mass is 35.5. The van der Waals surface area contributed by atoms with Gasteiger partial charge in [0, 0.05) is 24.2 Å². The van der Waals surface area contributed by atoms with Crippen molar-refractivity contribution in [3.8, 4) is 17.1 Å². The summed E-state index contributed by atoms with van der Waals surface area (Å²) in [6.45, 7) is 4.53. The number of amides is 2. The molecular formula is C20H21ClN4O3. The molecule has 0 saturated carbocycles. The lowest BCUT2D eigenvalue weighted by atomic mass is 10.2. The first kappa shape index (κ1) is 19.7. The van der Waals surface area contributed by atoms with Gasteiger partial charge in [0.25, 0.3) is 5.91 Å². The van der Waals surface area contributed by atoms with Gasteiger partial charge in [-0.1, -0.05) is 11.6 Å². The van der Waals surface area contributed by atoms with Crippen molar-refractivity contribution in [1.82, 2.24) is 20.0 Å². The predicted octanol–water partition coefficient (Wildman–Crippen LogP) is 3.38. The first-order valence-corrected chi connectivity index (χ1v) is 9.37. The molecule has 0 bridgehead atoms. The second kappa shape index (κ2) is 8.75. The van der Waals surface area contributed by atoms with Gasteiger partial charge in [0.15, 0.2) is 11.5 Å². The van der Waals surface area contributed by atoms with Crippen LogP contribution in [0.3, 0.4) is 0 Å². The maximum Gasteiger partial charge on any atom is 0.274 e. The number of hydrogen-bond acceptors (Lipinski definition) is 4. The van der Waals surface area contributed by atoms with Crippen LogP contribution < -0.4 is 5.32 Å². The number of furan rings is 1. The molecule has 0 unspecified atom stereocenters. The van der Waals surface area contributed by atoms with Gasteiger partial charge in [-0.25, -0.2) is 4.68 Å². The molecule has 1 N–H and O–H groups in total. The second-order valence-corrected chi connectivity index (χ2v) is 6.49. The first-order chi connectivity index (χ1) is 13.5. The Morgan fingerprint density at radius 3 is 2.57 bits per heavy atom. The van der Waals surface area contributed by atoms with Crippen molar-refractivity contribution in [2.24, 2.45) is 0 Å².